The van der Waals surface area contributed by atoms with E-state index in [0.717, 1.165) is 24.0 Å². The summed E-state index contributed by atoms with van der Waals surface area (Å²) in [6.45, 7) is 3.12. The van der Waals surface area contributed by atoms with Crippen LogP contribution in [0.5, 0.6) is 5.88 Å². The zero-order valence-electron chi connectivity index (χ0n) is 24.3. The van der Waals surface area contributed by atoms with Gasteiger partial charge in [0.25, 0.3) is 5.88 Å². The molecule has 2 fully saturated rings. The second kappa shape index (κ2) is 12.5. The summed E-state index contributed by atoms with van der Waals surface area (Å²) in [5.74, 6) is -0.677. The van der Waals surface area contributed by atoms with Crippen LogP contribution in [-0.4, -0.2) is 76.5 Å². The van der Waals surface area contributed by atoms with Gasteiger partial charge in [-0.15, -0.1) is 10.2 Å². The molecule has 0 bridgehead atoms. The number of rotatable bonds is 9. The zero-order valence-corrected chi connectivity index (χ0v) is 25.1. The molecule has 0 aliphatic carbocycles. The molecular formula is C30H28ClF4N9O2. The van der Waals surface area contributed by atoms with E-state index in [4.69, 9.17) is 26.1 Å². The van der Waals surface area contributed by atoms with Crippen molar-refractivity contribution in [3.63, 3.8) is 0 Å². The predicted octanol–water partition coefficient (Wildman–Crippen LogP) is 5.24. The van der Waals surface area contributed by atoms with Gasteiger partial charge in [-0.3, -0.25) is 4.90 Å². The molecule has 11 nitrogen and oxygen atoms in total. The largest absolute Gasteiger partial charge is 0.472 e. The van der Waals surface area contributed by atoms with Crippen LogP contribution in [0.15, 0.2) is 42.7 Å². The van der Waals surface area contributed by atoms with E-state index in [1.807, 2.05) is 16.7 Å². The number of pyridine rings is 1. The molecule has 46 heavy (non-hydrogen) atoms. The molecule has 4 aromatic heterocycles. The number of ether oxygens (including phenoxy) is 2. The Labute approximate surface area is 265 Å². The first-order valence-electron chi connectivity index (χ1n) is 14.8. The minimum atomic E-state index is -4.64. The molecule has 5 aromatic rings. The highest BCUT2D eigenvalue weighted by molar-refractivity contribution is 6.30. The molecule has 16 heteroatoms. The first-order valence-corrected chi connectivity index (χ1v) is 15.2. The second-order valence-corrected chi connectivity index (χ2v) is 11.8. The fourth-order valence-electron chi connectivity index (χ4n) is 5.53. The van der Waals surface area contributed by atoms with E-state index in [1.165, 1.54) is 6.20 Å². The van der Waals surface area contributed by atoms with E-state index in [-0.39, 0.29) is 23.9 Å². The van der Waals surface area contributed by atoms with Crippen LogP contribution in [0.1, 0.15) is 42.3 Å². The van der Waals surface area contributed by atoms with Gasteiger partial charge < -0.3 is 19.0 Å². The highest BCUT2D eigenvalue weighted by Gasteiger charge is 2.35. The number of alkyl halides is 3. The molecule has 0 unspecified atom stereocenters. The quantitative estimate of drug-likeness (QED) is 0.212. The highest BCUT2D eigenvalue weighted by atomic mass is 35.5. The molecule has 1 aromatic carbocycles. The van der Waals surface area contributed by atoms with Gasteiger partial charge in [0.15, 0.2) is 11.5 Å². The summed E-state index contributed by atoms with van der Waals surface area (Å²) in [7, 11) is 0. The van der Waals surface area contributed by atoms with Gasteiger partial charge in [-0.2, -0.15) is 22.5 Å². The van der Waals surface area contributed by atoms with Crippen LogP contribution in [0, 0.1) is 5.82 Å². The molecule has 1 N–H and O–H groups in total. The molecule has 1 atom stereocenters. The lowest BCUT2D eigenvalue weighted by atomic mass is 10.1. The van der Waals surface area contributed by atoms with Crippen molar-refractivity contribution in [2.45, 2.75) is 57.2 Å². The molecule has 2 aliphatic heterocycles. The van der Waals surface area contributed by atoms with E-state index >= 15 is 0 Å². The van der Waals surface area contributed by atoms with Crippen molar-refractivity contribution in [1.82, 2.24) is 44.6 Å². The first-order chi connectivity index (χ1) is 22.2. The van der Waals surface area contributed by atoms with Crippen molar-refractivity contribution in [2.24, 2.45) is 0 Å². The Kier molecular flexibility index (Phi) is 8.29. The lowest BCUT2D eigenvalue weighted by molar-refractivity contribution is -0.144. The molecular weight excluding hydrogens is 630 g/mol. The Hall–Kier alpha value is -4.21. The molecule has 0 amide bonds. The number of piperidine rings is 1. The summed E-state index contributed by atoms with van der Waals surface area (Å²) in [6.07, 6.45) is 0.407. The van der Waals surface area contributed by atoms with E-state index in [9.17, 15) is 17.6 Å². The van der Waals surface area contributed by atoms with Gasteiger partial charge in [-0.05, 0) is 43.0 Å². The molecule has 7 rings (SSSR count). The van der Waals surface area contributed by atoms with Crippen LogP contribution in [0.2, 0.25) is 5.02 Å². The van der Waals surface area contributed by atoms with Gasteiger partial charge in [0.1, 0.15) is 23.3 Å². The molecule has 2 saturated heterocycles. The molecule has 0 spiro atoms. The number of likely N-dealkylation sites (tertiary alicyclic amines) is 1. The van der Waals surface area contributed by atoms with Crippen molar-refractivity contribution >= 4 is 22.8 Å². The zero-order chi connectivity index (χ0) is 31.8. The normalized spacial score (nSPS) is 17.8. The minimum Gasteiger partial charge on any atom is -0.472 e. The Morgan fingerprint density at radius 2 is 1.80 bits per heavy atom. The van der Waals surface area contributed by atoms with Crippen molar-refractivity contribution in [1.29, 1.82) is 0 Å². The number of nitrogens with zero attached hydrogens (tertiary/aromatic N) is 8. The number of hydrogen-bond acceptors (Lipinski definition) is 9. The van der Waals surface area contributed by atoms with Crippen molar-refractivity contribution in [3.05, 3.63) is 76.6 Å². The van der Waals surface area contributed by atoms with Gasteiger partial charge in [-0.1, -0.05) is 23.7 Å². The maximum Gasteiger partial charge on any atom is 0.451 e. The van der Waals surface area contributed by atoms with Crippen LogP contribution in [-0.2, 0) is 30.4 Å². The third kappa shape index (κ3) is 6.66. The standard InChI is InChI=1S/C30H28ClF4N9O2/c31-19-3-1-17(2-4-19)11-24-36-14-22(32)28(39-24)46-20-5-8-43(9-6-20)16-25-38-23-12-18(26-40-29(42-41-26)30(33,34)35)13-37-27(23)44(25)15-21-7-10-45-21/h1-4,12-14,20-21H,5-11,15-16H2,(H,40,41,42)/t21-/m0/s1. The maximum absolute atomic E-state index is 14.6. The van der Waals surface area contributed by atoms with Gasteiger partial charge in [-0.25, -0.2) is 15.0 Å². The van der Waals surface area contributed by atoms with Crippen LogP contribution >= 0.6 is 11.6 Å². The van der Waals surface area contributed by atoms with E-state index < -0.39 is 17.8 Å². The van der Waals surface area contributed by atoms with Crippen LogP contribution < -0.4 is 4.74 Å². The fraction of sp³-hybridized carbons (Fsp3) is 0.400. The number of aromatic nitrogens is 8. The Bertz CT molecular complexity index is 1830. The SMILES string of the molecule is Fc1cnc(Cc2ccc(Cl)cc2)nc1OC1CCN(Cc2nc3cc(-c4nnc(C(F)(F)F)[nH]4)cnc3n2C[C@@H]2CCO2)CC1. The van der Waals surface area contributed by atoms with Crippen LogP contribution in [0.3, 0.4) is 0 Å². The molecule has 0 saturated carbocycles. The van der Waals surface area contributed by atoms with E-state index in [0.29, 0.717) is 79.6 Å². The van der Waals surface area contributed by atoms with Gasteiger partial charge >= 0.3 is 6.18 Å². The number of aromatic amines is 1. The summed E-state index contributed by atoms with van der Waals surface area (Å²) < 4.78 is 67.4. The maximum atomic E-state index is 14.6. The number of fused-ring (bicyclic) bond motifs is 1. The smallest absolute Gasteiger partial charge is 0.451 e. The third-order valence-electron chi connectivity index (χ3n) is 8.09. The first kappa shape index (κ1) is 30.4. The summed E-state index contributed by atoms with van der Waals surface area (Å²) in [6, 6.07) is 8.96. The van der Waals surface area contributed by atoms with Gasteiger partial charge in [0, 0.05) is 42.9 Å². The second-order valence-electron chi connectivity index (χ2n) is 11.3. The minimum absolute atomic E-state index is 0.0349. The average Bonchev–Trinajstić information content (AvgIpc) is 3.64. The van der Waals surface area contributed by atoms with Crippen molar-refractivity contribution in [2.75, 3.05) is 19.7 Å². The Balaban J connectivity index is 1.03. The molecule has 6 heterocycles. The van der Waals surface area contributed by atoms with E-state index in [1.54, 1.807) is 18.2 Å². The lowest BCUT2D eigenvalue weighted by Gasteiger charge is -2.32. The lowest BCUT2D eigenvalue weighted by Crippen LogP contribution is -2.39. The topological polar surface area (TPSA) is 120 Å². The fourth-order valence-corrected chi connectivity index (χ4v) is 5.66. The molecule has 2 aliphatic rings. The number of H-pyrrole nitrogens is 1. The van der Waals surface area contributed by atoms with E-state index in [2.05, 4.69) is 35.0 Å². The highest BCUT2D eigenvalue weighted by Crippen LogP contribution is 2.29. The summed E-state index contributed by atoms with van der Waals surface area (Å²) in [5.41, 5.74) is 2.43. The van der Waals surface area contributed by atoms with Gasteiger partial charge in [0.2, 0.25) is 11.6 Å². The average molecular weight is 658 g/mol. The summed E-state index contributed by atoms with van der Waals surface area (Å²) >= 11 is 5.97. The van der Waals surface area contributed by atoms with Gasteiger partial charge in [0.05, 0.1) is 25.4 Å². The molecule has 0 radical (unpaired) electrons. The Morgan fingerprint density at radius 1 is 1.02 bits per heavy atom. The van der Waals surface area contributed by atoms with Crippen LogP contribution in [0.25, 0.3) is 22.6 Å². The number of hydrogen-bond donors (Lipinski definition) is 1. The molecule has 240 valence electrons. The van der Waals surface area contributed by atoms with Crippen molar-refractivity contribution in [3.8, 4) is 17.3 Å². The van der Waals surface area contributed by atoms with Crippen molar-refractivity contribution < 1.29 is 27.0 Å². The number of benzene rings is 1. The number of nitrogens with one attached hydrogen (secondary N) is 1. The monoisotopic (exact) mass is 657 g/mol. The summed E-state index contributed by atoms with van der Waals surface area (Å²) in [4.78, 5) is 22.3. The summed E-state index contributed by atoms with van der Waals surface area (Å²) in [5, 5.41) is 7.49. The number of imidazole rings is 1. The Morgan fingerprint density at radius 3 is 2.50 bits per heavy atom. The third-order valence-corrected chi connectivity index (χ3v) is 8.34. The van der Waals surface area contributed by atoms with Crippen LogP contribution in [0.4, 0.5) is 17.6 Å². The predicted molar refractivity (Wildman–Crippen MR) is 157 cm³/mol. The number of halogens is 5.